The number of halogens is 1. The number of aromatic amines is 1. The van der Waals surface area contributed by atoms with Crippen LogP contribution in [0.3, 0.4) is 0 Å². The molecule has 0 saturated heterocycles. The van der Waals surface area contributed by atoms with Gasteiger partial charge in [0.1, 0.15) is 0 Å². The summed E-state index contributed by atoms with van der Waals surface area (Å²) < 4.78 is 0. The molecule has 0 spiro atoms. The van der Waals surface area contributed by atoms with E-state index in [1.165, 1.54) is 0 Å². The molecule has 0 aliphatic rings. The fourth-order valence-corrected chi connectivity index (χ4v) is 2.88. The minimum Gasteiger partial charge on any atom is -0.308 e. The van der Waals surface area contributed by atoms with Crippen LogP contribution in [0.15, 0.2) is 66.9 Å². The van der Waals surface area contributed by atoms with Gasteiger partial charge in [0.25, 0.3) is 0 Å². The molecule has 0 atom stereocenters. The Morgan fingerprint density at radius 1 is 1.00 bits per heavy atom. The number of hydrogen-bond acceptors (Lipinski definition) is 3. The quantitative estimate of drug-likeness (QED) is 0.483. The Morgan fingerprint density at radius 3 is 2.65 bits per heavy atom. The van der Waals surface area contributed by atoms with Crippen molar-refractivity contribution < 1.29 is 4.79 Å². The summed E-state index contributed by atoms with van der Waals surface area (Å²) in [6.07, 6.45) is 1.69. The number of nitrogens with one attached hydrogen (secondary N) is 3. The summed E-state index contributed by atoms with van der Waals surface area (Å²) in [5, 5.41) is 13.9. The molecule has 0 saturated carbocycles. The second-order valence-electron chi connectivity index (χ2n) is 5.61. The molecule has 0 aliphatic heterocycles. The number of pyridine rings is 1. The van der Waals surface area contributed by atoms with Gasteiger partial charge in [-0.2, -0.15) is 5.10 Å². The minimum absolute atomic E-state index is 0.370. The third-order valence-corrected chi connectivity index (χ3v) is 4.16. The maximum absolute atomic E-state index is 12.2. The molecule has 0 bridgehead atoms. The largest absolute Gasteiger partial charge is 0.324 e. The predicted molar refractivity (Wildman–Crippen MR) is 103 cm³/mol. The zero-order valence-corrected chi connectivity index (χ0v) is 14.3. The second kappa shape index (κ2) is 6.85. The van der Waals surface area contributed by atoms with Crippen LogP contribution in [0.2, 0.25) is 5.02 Å². The molecular weight excluding hydrogens is 350 g/mol. The van der Waals surface area contributed by atoms with Crippen LogP contribution in [0.1, 0.15) is 0 Å². The Kier molecular flexibility index (Phi) is 4.25. The number of aromatic nitrogens is 3. The SMILES string of the molecule is O=C(Nc1ccccc1)Nc1n[nH]c2ccc(-c3ncccc3Cl)cc12. The maximum Gasteiger partial charge on any atom is 0.324 e. The van der Waals surface area contributed by atoms with Crippen molar-refractivity contribution in [3.05, 3.63) is 71.9 Å². The number of para-hydroxylation sites is 1. The minimum atomic E-state index is -0.370. The molecule has 0 radical (unpaired) electrons. The topological polar surface area (TPSA) is 82.7 Å². The standard InChI is InChI=1S/C19H14ClN5O/c20-15-7-4-10-21-17(15)12-8-9-16-14(11-12)18(25-24-16)23-19(26)22-13-5-2-1-3-6-13/h1-11H,(H3,22,23,24,25,26). The van der Waals surface area contributed by atoms with Crippen LogP contribution in [0.4, 0.5) is 16.3 Å². The van der Waals surface area contributed by atoms with Crippen molar-refractivity contribution in [1.29, 1.82) is 0 Å². The van der Waals surface area contributed by atoms with Gasteiger partial charge in [0.15, 0.2) is 5.82 Å². The van der Waals surface area contributed by atoms with Crippen LogP contribution >= 0.6 is 11.6 Å². The molecule has 3 N–H and O–H groups in total. The van der Waals surface area contributed by atoms with Crippen molar-refractivity contribution in [2.45, 2.75) is 0 Å². The van der Waals surface area contributed by atoms with Crippen molar-refractivity contribution in [1.82, 2.24) is 15.2 Å². The summed E-state index contributed by atoms with van der Waals surface area (Å²) >= 11 is 6.23. The first kappa shape index (κ1) is 16.1. The van der Waals surface area contributed by atoms with Gasteiger partial charge in [-0.1, -0.05) is 35.9 Å². The van der Waals surface area contributed by atoms with Gasteiger partial charge in [-0.25, -0.2) is 4.79 Å². The van der Waals surface area contributed by atoms with E-state index in [0.717, 1.165) is 16.5 Å². The number of fused-ring (bicyclic) bond motifs is 1. The average Bonchev–Trinajstić information content (AvgIpc) is 3.05. The van der Waals surface area contributed by atoms with E-state index in [2.05, 4.69) is 25.8 Å². The number of H-pyrrole nitrogens is 1. The number of benzene rings is 2. The number of rotatable bonds is 3. The summed E-state index contributed by atoms with van der Waals surface area (Å²) in [4.78, 5) is 16.5. The van der Waals surface area contributed by atoms with Crippen LogP contribution in [-0.4, -0.2) is 21.2 Å². The Labute approximate surface area is 154 Å². The number of nitrogens with zero attached hydrogens (tertiary/aromatic N) is 2. The van der Waals surface area contributed by atoms with Gasteiger partial charge in [-0.15, -0.1) is 0 Å². The second-order valence-corrected chi connectivity index (χ2v) is 6.02. The molecule has 2 aromatic carbocycles. The molecule has 128 valence electrons. The molecule has 4 aromatic rings. The van der Waals surface area contributed by atoms with Gasteiger partial charge in [-0.3, -0.25) is 15.4 Å². The first-order valence-electron chi connectivity index (χ1n) is 7.93. The average molecular weight is 364 g/mol. The van der Waals surface area contributed by atoms with E-state index in [0.29, 0.717) is 22.2 Å². The first-order valence-corrected chi connectivity index (χ1v) is 8.30. The zero-order valence-electron chi connectivity index (χ0n) is 13.5. The Bertz CT molecular complexity index is 1080. The van der Waals surface area contributed by atoms with Gasteiger partial charge in [0, 0.05) is 22.8 Å². The molecule has 7 heteroatoms. The van der Waals surface area contributed by atoms with Gasteiger partial charge < -0.3 is 5.32 Å². The molecule has 0 fully saturated rings. The molecule has 2 heterocycles. The van der Waals surface area contributed by atoms with Gasteiger partial charge >= 0.3 is 6.03 Å². The van der Waals surface area contributed by atoms with Crippen molar-refractivity contribution in [3.8, 4) is 11.3 Å². The van der Waals surface area contributed by atoms with Crippen LogP contribution in [0, 0.1) is 0 Å². The number of anilines is 2. The molecule has 2 aromatic heterocycles. The summed E-state index contributed by atoms with van der Waals surface area (Å²) in [6.45, 7) is 0. The van der Waals surface area contributed by atoms with Crippen molar-refractivity contribution in [3.63, 3.8) is 0 Å². The van der Waals surface area contributed by atoms with Crippen LogP contribution < -0.4 is 10.6 Å². The van der Waals surface area contributed by atoms with E-state index in [-0.39, 0.29) is 6.03 Å². The van der Waals surface area contributed by atoms with E-state index in [1.54, 1.807) is 18.3 Å². The first-order chi connectivity index (χ1) is 12.7. The highest BCUT2D eigenvalue weighted by atomic mass is 35.5. The molecule has 6 nitrogen and oxygen atoms in total. The lowest BCUT2D eigenvalue weighted by Crippen LogP contribution is -2.19. The van der Waals surface area contributed by atoms with E-state index in [9.17, 15) is 4.79 Å². The number of amides is 2. The van der Waals surface area contributed by atoms with Gasteiger partial charge in [-0.05, 0) is 36.4 Å². The lowest BCUT2D eigenvalue weighted by atomic mass is 10.1. The predicted octanol–water partition coefficient (Wildman–Crippen LogP) is 4.92. The van der Waals surface area contributed by atoms with E-state index in [1.807, 2.05) is 48.5 Å². The molecule has 0 unspecified atom stereocenters. The molecule has 26 heavy (non-hydrogen) atoms. The maximum atomic E-state index is 12.2. The monoisotopic (exact) mass is 363 g/mol. The van der Waals surface area contributed by atoms with Crippen LogP contribution in [-0.2, 0) is 0 Å². The normalized spacial score (nSPS) is 10.7. The summed E-state index contributed by atoms with van der Waals surface area (Å²) in [6, 6.07) is 18.1. The third-order valence-electron chi connectivity index (χ3n) is 3.86. The lowest BCUT2D eigenvalue weighted by molar-refractivity contribution is 0.262. The lowest BCUT2D eigenvalue weighted by Gasteiger charge is -2.06. The summed E-state index contributed by atoms with van der Waals surface area (Å²) in [7, 11) is 0. The smallest absolute Gasteiger partial charge is 0.308 e. The third kappa shape index (κ3) is 3.22. The number of hydrogen-bond donors (Lipinski definition) is 3. The van der Waals surface area contributed by atoms with Crippen LogP contribution in [0.25, 0.3) is 22.2 Å². The van der Waals surface area contributed by atoms with Crippen LogP contribution in [0.5, 0.6) is 0 Å². The number of urea groups is 1. The molecular formula is C19H14ClN5O. The van der Waals surface area contributed by atoms with E-state index < -0.39 is 0 Å². The van der Waals surface area contributed by atoms with Crippen molar-refractivity contribution >= 4 is 40.0 Å². The number of carbonyl (C=O) groups is 1. The number of carbonyl (C=O) groups excluding carboxylic acids is 1. The molecule has 2 amide bonds. The molecule has 4 rings (SSSR count). The molecule has 0 aliphatic carbocycles. The Balaban J connectivity index is 1.63. The van der Waals surface area contributed by atoms with Gasteiger partial charge in [0.05, 0.1) is 16.2 Å². The van der Waals surface area contributed by atoms with E-state index >= 15 is 0 Å². The van der Waals surface area contributed by atoms with Crippen molar-refractivity contribution in [2.75, 3.05) is 10.6 Å². The van der Waals surface area contributed by atoms with Crippen molar-refractivity contribution in [2.24, 2.45) is 0 Å². The highest BCUT2D eigenvalue weighted by Crippen LogP contribution is 2.30. The highest BCUT2D eigenvalue weighted by molar-refractivity contribution is 6.33. The van der Waals surface area contributed by atoms with E-state index in [4.69, 9.17) is 11.6 Å². The fraction of sp³-hybridized carbons (Fsp3) is 0. The Hall–Kier alpha value is -3.38. The Morgan fingerprint density at radius 2 is 1.85 bits per heavy atom. The zero-order chi connectivity index (χ0) is 17.9. The summed E-state index contributed by atoms with van der Waals surface area (Å²) in [5.41, 5.74) is 3.02. The highest BCUT2D eigenvalue weighted by Gasteiger charge is 2.12. The summed E-state index contributed by atoms with van der Waals surface area (Å²) in [5.74, 6) is 0.433. The fourth-order valence-electron chi connectivity index (χ4n) is 2.65. The van der Waals surface area contributed by atoms with Gasteiger partial charge in [0.2, 0.25) is 0 Å².